The van der Waals surface area contributed by atoms with Gasteiger partial charge in [0.05, 0.1) is 13.2 Å². The molecule has 1 aromatic carbocycles. The van der Waals surface area contributed by atoms with Crippen LogP contribution in [0.3, 0.4) is 0 Å². The van der Waals surface area contributed by atoms with E-state index in [1.807, 2.05) is 39.0 Å². The first-order valence-electron chi connectivity index (χ1n) is 6.59. The van der Waals surface area contributed by atoms with Gasteiger partial charge in [0, 0.05) is 12.0 Å². The number of aromatic nitrogens is 3. The fraction of sp³-hybridized carbons (Fsp3) is 0.429. The Balaban J connectivity index is 2.33. The van der Waals surface area contributed by atoms with E-state index in [2.05, 4.69) is 15.2 Å². The molecule has 0 fully saturated rings. The third-order valence-electron chi connectivity index (χ3n) is 2.67. The summed E-state index contributed by atoms with van der Waals surface area (Å²) in [6, 6.07) is 5.75. The van der Waals surface area contributed by atoms with Crippen LogP contribution in [-0.2, 0) is 6.42 Å². The molecule has 0 amide bonds. The van der Waals surface area contributed by atoms with E-state index >= 15 is 0 Å². The molecule has 0 aliphatic rings. The standard InChI is InChI=1S/C14H19N3O2/c1-4-13-15-14(17-16-13)10-7-8-11(18-5-2)12(9-10)19-6-3/h7-9H,4-6H2,1-3H3,(H,15,16,17). The maximum atomic E-state index is 5.59. The highest BCUT2D eigenvalue weighted by Gasteiger charge is 2.10. The van der Waals surface area contributed by atoms with Gasteiger partial charge in [0.1, 0.15) is 5.82 Å². The van der Waals surface area contributed by atoms with Gasteiger partial charge in [-0.2, -0.15) is 5.10 Å². The van der Waals surface area contributed by atoms with Crippen LogP contribution < -0.4 is 9.47 Å². The molecule has 1 N–H and O–H groups in total. The summed E-state index contributed by atoms with van der Waals surface area (Å²) in [5.74, 6) is 3.03. The molecular weight excluding hydrogens is 242 g/mol. The Labute approximate surface area is 113 Å². The summed E-state index contributed by atoms with van der Waals surface area (Å²) in [4.78, 5) is 4.41. The first-order chi connectivity index (χ1) is 9.28. The Bertz CT molecular complexity index is 537. The molecule has 1 aromatic heterocycles. The number of hydrogen-bond acceptors (Lipinski definition) is 4. The van der Waals surface area contributed by atoms with Crippen LogP contribution in [0.4, 0.5) is 0 Å². The number of rotatable bonds is 6. The van der Waals surface area contributed by atoms with Crippen LogP contribution in [0.5, 0.6) is 11.5 Å². The van der Waals surface area contributed by atoms with Crippen molar-refractivity contribution >= 4 is 0 Å². The Morgan fingerprint density at radius 2 is 1.79 bits per heavy atom. The third kappa shape index (κ3) is 3.05. The molecule has 0 aliphatic carbocycles. The zero-order chi connectivity index (χ0) is 13.7. The largest absolute Gasteiger partial charge is 0.490 e. The molecule has 102 valence electrons. The third-order valence-corrected chi connectivity index (χ3v) is 2.67. The fourth-order valence-corrected chi connectivity index (χ4v) is 1.77. The molecule has 0 radical (unpaired) electrons. The zero-order valence-corrected chi connectivity index (χ0v) is 11.6. The van der Waals surface area contributed by atoms with Crippen LogP contribution in [0, 0.1) is 0 Å². The van der Waals surface area contributed by atoms with Gasteiger partial charge in [0.15, 0.2) is 17.3 Å². The highest BCUT2D eigenvalue weighted by atomic mass is 16.5. The van der Waals surface area contributed by atoms with Crippen LogP contribution in [0.15, 0.2) is 18.2 Å². The van der Waals surface area contributed by atoms with Gasteiger partial charge in [0.25, 0.3) is 0 Å². The molecule has 0 saturated heterocycles. The normalized spacial score (nSPS) is 10.5. The minimum Gasteiger partial charge on any atom is -0.490 e. The first kappa shape index (κ1) is 13.4. The lowest BCUT2D eigenvalue weighted by atomic mass is 10.2. The predicted octanol–water partition coefficient (Wildman–Crippen LogP) is 2.83. The molecule has 0 aliphatic heterocycles. The van der Waals surface area contributed by atoms with Crippen molar-refractivity contribution in [3.63, 3.8) is 0 Å². The molecular formula is C14H19N3O2. The van der Waals surface area contributed by atoms with Gasteiger partial charge in [-0.15, -0.1) is 0 Å². The molecule has 1 heterocycles. The van der Waals surface area contributed by atoms with Gasteiger partial charge in [-0.3, -0.25) is 5.10 Å². The number of aromatic amines is 1. The van der Waals surface area contributed by atoms with Gasteiger partial charge in [-0.1, -0.05) is 6.92 Å². The lowest BCUT2D eigenvalue weighted by Crippen LogP contribution is -1.98. The summed E-state index contributed by atoms with van der Waals surface area (Å²) >= 11 is 0. The maximum absolute atomic E-state index is 5.59. The minimum absolute atomic E-state index is 0.595. The van der Waals surface area contributed by atoms with Crippen molar-refractivity contribution in [2.45, 2.75) is 27.2 Å². The predicted molar refractivity (Wildman–Crippen MR) is 73.5 cm³/mol. The number of H-pyrrole nitrogens is 1. The van der Waals surface area contributed by atoms with E-state index in [1.54, 1.807) is 0 Å². The second-order valence-corrected chi connectivity index (χ2v) is 3.99. The minimum atomic E-state index is 0.595. The quantitative estimate of drug-likeness (QED) is 0.868. The van der Waals surface area contributed by atoms with E-state index in [9.17, 15) is 0 Å². The van der Waals surface area contributed by atoms with Crippen molar-refractivity contribution in [1.82, 2.24) is 15.2 Å². The number of nitrogens with zero attached hydrogens (tertiary/aromatic N) is 2. The monoisotopic (exact) mass is 261 g/mol. The lowest BCUT2D eigenvalue weighted by molar-refractivity contribution is 0.288. The SMILES string of the molecule is CCOc1ccc(-c2n[nH]c(CC)n2)cc1OCC. The Hall–Kier alpha value is -2.04. The molecule has 0 bridgehead atoms. The highest BCUT2D eigenvalue weighted by Crippen LogP contribution is 2.31. The maximum Gasteiger partial charge on any atom is 0.181 e. The van der Waals surface area contributed by atoms with E-state index in [0.29, 0.717) is 19.0 Å². The summed E-state index contributed by atoms with van der Waals surface area (Å²) in [7, 11) is 0. The molecule has 19 heavy (non-hydrogen) atoms. The topological polar surface area (TPSA) is 60.0 Å². The number of nitrogens with one attached hydrogen (secondary N) is 1. The summed E-state index contributed by atoms with van der Waals surface area (Å²) in [5.41, 5.74) is 0.919. The number of aryl methyl sites for hydroxylation is 1. The van der Waals surface area contributed by atoms with E-state index < -0.39 is 0 Å². The summed E-state index contributed by atoms with van der Waals surface area (Å²) in [5, 5.41) is 7.11. The number of ether oxygens (including phenoxy) is 2. The Morgan fingerprint density at radius 1 is 1.05 bits per heavy atom. The van der Waals surface area contributed by atoms with Crippen LogP contribution in [-0.4, -0.2) is 28.4 Å². The van der Waals surface area contributed by atoms with Crippen molar-refractivity contribution in [2.75, 3.05) is 13.2 Å². The van der Waals surface area contributed by atoms with Crippen LogP contribution in [0.1, 0.15) is 26.6 Å². The Kier molecular flexibility index (Phi) is 4.39. The van der Waals surface area contributed by atoms with Crippen LogP contribution in [0.2, 0.25) is 0 Å². The number of hydrogen-bond donors (Lipinski definition) is 1. The number of benzene rings is 1. The van der Waals surface area contributed by atoms with Gasteiger partial charge in [-0.05, 0) is 32.0 Å². The lowest BCUT2D eigenvalue weighted by Gasteiger charge is -2.11. The summed E-state index contributed by atoms with van der Waals surface area (Å²) in [6.45, 7) is 7.14. The van der Waals surface area contributed by atoms with Gasteiger partial charge in [-0.25, -0.2) is 4.98 Å². The van der Waals surface area contributed by atoms with Gasteiger partial charge in [0.2, 0.25) is 0 Å². The van der Waals surface area contributed by atoms with Crippen molar-refractivity contribution in [3.8, 4) is 22.9 Å². The Morgan fingerprint density at radius 3 is 2.42 bits per heavy atom. The smallest absolute Gasteiger partial charge is 0.181 e. The molecule has 0 unspecified atom stereocenters. The first-order valence-corrected chi connectivity index (χ1v) is 6.59. The second-order valence-electron chi connectivity index (χ2n) is 3.99. The molecule has 2 rings (SSSR count). The van der Waals surface area contributed by atoms with E-state index in [-0.39, 0.29) is 0 Å². The second kappa shape index (κ2) is 6.22. The van der Waals surface area contributed by atoms with E-state index in [4.69, 9.17) is 9.47 Å². The molecule has 0 spiro atoms. The molecule has 2 aromatic rings. The molecule has 0 atom stereocenters. The summed E-state index contributed by atoms with van der Waals surface area (Å²) < 4.78 is 11.1. The van der Waals surface area contributed by atoms with E-state index in [1.165, 1.54) is 0 Å². The highest BCUT2D eigenvalue weighted by molar-refractivity contribution is 5.60. The average Bonchev–Trinajstić information content (AvgIpc) is 2.90. The van der Waals surface area contributed by atoms with E-state index in [0.717, 1.165) is 29.3 Å². The van der Waals surface area contributed by atoms with Crippen LogP contribution in [0.25, 0.3) is 11.4 Å². The zero-order valence-electron chi connectivity index (χ0n) is 11.6. The fourth-order valence-electron chi connectivity index (χ4n) is 1.77. The van der Waals surface area contributed by atoms with Gasteiger partial charge < -0.3 is 9.47 Å². The van der Waals surface area contributed by atoms with Crippen molar-refractivity contribution in [3.05, 3.63) is 24.0 Å². The van der Waals surface area contributed by atoms with Gasteiger partial charge >= 0.3 is 0 Å². The molecule has 5 heteroatoms. The summed E-state index contributed by atoms with van der Waals surface area (Å²) in [6.07, 6.45) is 0.836. The molecule has 0 saturated carbocycles. The molecule has 5 nitrogen and oxygen atoms in total. The van der Waals surface area contributed by atoms with Crippen molar-refractivity contribution < 1.29 is 9.47 Å². The van der Waals surface area contributed by atoms with Crippen LogP contribution >= 0.6 is 0 Å². The average molecular weight is 261 g/mol. The van der Waals surface area contributed by atoms with Crippen molar-refractivity contribution in [1.29, 1.82) is 0 Å². The van der Waals surface area contributed by atoms with Crippen molar-refractivity contribution in [2.24, 2.45) is 0 Å².